The van der Waals surface area contributed by atoms with Crippen LogP contribution in [0, 0.1) is 10.1 Å². The van der Waals surface area contributed by atoms with Crippen molar-refractivity contribution in [2.75, 3.05) is 18.0 Å². The van der Waals surface area contributed by atoms with Crippen molar-refractivity contribution in [3.63, 3.8) is 0 Å². The van der Waals surface area contributed by atoms with Crippen LogP contribution in [0.2, 0.25) is 0 Å². The molecule has 4 rings (SSSR count). The molecule has 1 aromatic carbocycles. The van der Waals surface area contributed by atoms with Crippen LogP contribution in [0.25, 0.3) is 10.2 Å². The third-order valence-corrected chi connectivity index (χ3v) is 5.62. The maximum atomic E-state index is 10.7. The van der Waals surface area contributed by atoms with Gasteiger partial charge in [0.05, 0.1) is 20.1 Å². The first-order valence-electron chi connectivity index (χ1n) is 7.91. The predicted molar refractivity (Wildman–Crippen MR) is 94.7 cm³/mol. The molecule has 3 aromatic rings. The summed E-state index contributed by atoms with van der Waals surface area (Å²) in [4.78, 5) is 21.5. The van der Waals surface area contributed by atoms with E-state index in [-0.39, 0.29) is 5.69 Å². The number of nitro groups is 1. The lowest BCUT2D eigenvalue weighted by Crippen LogP contribution is -2.33. The van der Waals surface area contributed by atoms with Gasteiger partial charge in [0.15, 0.2) is 0 Å². The number of benzene rings is 1. The Hall–Kier alpha value is -2.54. The summed E-state index contributed by atoms with van der Waals surface area (Å²) in [5.74, 6) is 1.29. The maximum absolute atomic E-state index is 10.7. The number of aromatic nitrogens is 2. The Morgan fingerprint density at radius 3 is 2.62 bits per heavy atom. The van der Waals surface area contributed by atoms with Crippen LogP contribution in [-0.2, 0) is 0 Å². The standard InChI is InChI=1S/C17H16N4O2S/c22-21(23)13-5-6-16(18-11-13)20-9-7-12(8-10-20)17-19-14-3-1-2-4-15(14)24-17/h1-6,11-12H,7-10H2. The maximum Gasteiger partial charge on any atom is 0.287 e. The van der Waals surface area contributed by atoms with E-state index in [2.05, 4.69) is 22.0 Å². The summed E-state index contributed by atoms with van der Waals surface area (Å²) >= 11 is 1.79. The number of piperidine rings is 1. The minimum Gasteiger partial charge on any atom is -0.357 e. The molecule has 1 fully saturated rings. The van der Waals surface area contributed by atoms with Crippen LogP contribution in [0.1, 0.15) is 23.8 Å². The smallest absolute Gasteiger partial charge is 0.287 e. The third kappa shape index (κ3) is 2.82. The van der Waals surface area contributed by atoms with Crippen LogP contribution in [0.3, 0.4) is 0 Å². The fraction of sp³-hybridized carbons (Fsp3) is 0.294. The number of para-hydroxylation sites is 1. The highest BCUT2D eigenvalue weighted by molar-refractivity contribution is 7.18. The second-order valence-electron chi connectivity index (χ2n) is 5.91. The number of pyridine rings is 1. The second-order valence-corrected chi connectivity index (χ2v) is 6.98. The van der Waals surface area contributed by atoms with Gasteiger partial charge in [0.2, 0.25) is 0 Å². The van der Waals surface area contributed by atoms with Crippen LogP contribution in [0.5, 0.6) is 0 Å². The molecule has 1 aliphatic rings. The number of rotatable bonds is 3. The van der Waals surface area contributed by atoms with Gasteiger partial charge in [-0.2, -0.15) is 0 Å². The number of anilines is 1. The lowest BCUT2D eigenvalue weighted by Gasteiger charge is -2.31. The van der Waals surface area contributed by atoms with E-state index in [4.69, 9.17) is 4.98 Å². The van der Waals surface area contributed by atoms with Gasteiger partial charge < -0.3 is 4.90 Å². The summed E-state index contributed by atoms with van der Waals surface area (Å²) < 4.78 is 1.24. The summed E-state index contributed by atoms with van der Waals surface area (Å²) in [6.07, 6.45) is 3.38. The molecule has 0 atom stereocenters. The number of nitrogens with zero attached hydrogens (tertiary/aromatic N) is 4. The predicted octanol–water partition coefficient (Wildman–Crippen LogP) is 3.98. The molecule has 7 heteroatoms. The first kappa shape index (κ1) is 15.0. The highest BCUT2D eigenvalue weighted by atomic mass is 32.1. The van der Waals surface area contributed by atoms with E-state index in [0.717, 1.165) is 37.3 Å². The van der Waals surface area contributed by atoms with Crippen molar-refractivity contribution in [3.05, 3.63) is 57.7 Å². The van der Waals surface area contributed by atoms with Crippen LogP contribution in [0.15, 0.2) is 42.6 Å². The zero-order valence-electron chi connectivity index (χ0n) is 13.0. The van der Waals surface area contributed by atoms with Crippen LogP contribution < -0.4 is 4.90 Å². The van der Waals surface area contributed by atoms with Crippen LogP contribution >= 0.6 is 11.3 Å². The molecule has 24 heavy (non-hydrogen) atoms. The molecule has 0 bridgehead atoms. The van der Waals surface area contributed by atoms with E-state index >= 15 is 0 Å². The van der Waals surface area contributed by atoms with Crippen molar-refractivity contribution in [2.45, 2.75) is 18.8 Å². The van der Waals surface area contributed by atoms with Gasteiger partial charge in [0.25, 0.3) is 5.69 Å². The minimum absolute atomic E-state index is 0.0307. The molecule has 0 amide bonds. The van der Waals surface area contributed by atoms with E-state index in [9.17, 15) is 10.1 Å². The van der Waals surface area contributed by atoms with Gasteiger partial charge in [0.1, 0.15) is 12.0 Å². The van der Waals surface area contributed by atoms with Crippen molar-refractivity contribution < 1.29 is 4.92 Å². The molecule has 1 saturated heterocycles. The van der Waals surface area contributed by atoms with E-state index in [0.29, 0.717) is 5.92 Å². The number of hydrogen-bond acceptors (Lipinski definition) is 6. The monoisotopic (exact) mass is 340 g/mol. The molecule has 3 heterocycles. The molecule has 0 aliphatic carbocycles. The molecule has 0 saturated carbocycles. The molecule has 0 N–H and O–H groups in total. The molecule has 2 aromatic heterocycles. The Bertz CT molecular complexity index is 837. The topological polar surface area (TPSA) is 72.2 Å². The van der Waals surface area contributed by atoms with Crippen LogP contribution in [-0.4, -0.2) is 28.0 Å². The Morgan fingerprint density at radius 2 is 1.96 bits per heavy atom. The molecular weight excluding hydrogens is 324 g/mol. The molecule has 0 spiro atoms. The Kier molecular flexibility index (Phi) is 3.86. The Balaban J connectivity index is 1.45. The van der Waals surface area contributed by atoms with Crippen molar-refractivity contribution >= 4 is 33.1 Å². The third-order valence-electron chi connectivity index (χ3n) is 4.42. The van der Waals surface area contributed by atoms with E-state index in [1.165, 1.54) is 22.0 Å². The summed E-state index contributed by atoms with van der Waals surface area (Å²) in [6.45, 7) is 1.79. The highest BCUT2D eigenvalue weighted by Crippen LogP contribution is 2.34. The lowest BCUT2D eigenvalue weighted by atomic mass is 9.97. The van der Waals surface area contributed by atoms with E-state index in [1.807, 2.05) is 12.1 Å². The summed E-state index contributed by atoms with van der Waals surface area (Å²) in [5, 5.41) is 11.9. The Labute approximate surface area is 142 Å². The first-order chi connectivity index (χ1) is 11.7. The van der Waals surface area contributed by atoms with Gasteiger partial charge in [-0.25, -0.2) is 9.97 Å². The van der Waals surface area contributed by atoms with Gasteiger partial charge in [-0.15, -0.1) is 11.3 Å². The second kappa shape index (κ2) is 6.16. The van der Waals surface area contributed by atoms with Gasteiger partial charge in [0, 0.05) is 25.1 Å². The molecule has 0 radical (unpaired) electrons. The zero-order valence-corrected chi connectivity index (χ0v) is 13.8. The lowest BCUT2D eigenvalue weighted by molar-refractivity contribution is -0.385. The molecular formula is C17H16N4O2S. The fourth-order valence-corrected chi connectivity index (χ4v) is 4.23. The zero-order chi connectivity index (χ0) is 16.5. The summed E-state index contributed by atoms with van der Waals surface area (Å²) in [6, 6.07) is 11.5. The normalized spacial score (nSPS) is 15.8. The molecule has 122 valence electrons. The first-order valence-corrected chi connectivity index (χ1v) is 8.73. The molecule has 0 unspecified atom stereocenters. The minimum atomic E-state index is -0.420. The van der Waals surface area contributed by atoms with Gasteiger partial charge >= 0.3 is 0 Å². The number of thiazole rings is 1. The molecule has 1 aliphatic heterocycles. The average Bonchev–Trinajstić information content (AvgIpc) is 3.06. The van der Waals surface area contributed by atoms with Crippen molar-refractivity contribution in [3.8, 4) is 0 Å². The van der Waals surface area contributed by atoms with Gasteiger partial charge in [-0.3, -0.25) is 10.1 Å². The fourth-order valence-electron chi connectivity index (χ4n) is 3.09. The quantitative estimate of drug-likeness (QED) is 0.532. The van der Waals surface area contributed by atoms with Crippen molar-refractivity contribution in [2.24, 2.45) is 0 Å². The molecule has 6 nitrogen and oxygen atoms in total. The van der Waals surface area contributed by atoms with Crippen LogP contribution in [0.4, 0.5) is 11.5 Å². The average molecular weight is 340 g/mol. The Morgan fingerprint density at radius 1 is 1.17 bits per heavy atom. The number of fused-ring (bicyclic) bond motifs is 1. The van der Waals surface area contributed by atoms with E-state index < -0.39 is 4.92 Å². The van der Waals surface area contributed by atoms with Crippen molar-refractivity contribution in [1.29, 1.82) is 0 Å². The summed E-state index contributed by atoms with van der Waals surface area (Å²) in [7, 11) is 0. The van der Waals surface area contributed by atoms with Gasteiger partial charge in [-0.1, -0.05) is 12.1 Å². The van der Waals surface area contributed by atoms with Crippen molar-refractivity contribution in [1.82, 2.24) is 9.97 Å². The summed E-state index contributed by atoms with van der Waals surface area (Å²) in [5.41, 5.74) is 1.11. The highest BCUT2D eigenvalue weighted by Gasteiger charge is 2.24. The van der Waals surface area contributed by atoms with Gasteiger partial charge in [-0.05, 0) is 31.0 Å². The SMILES string of the molecule is O=[N+]([O-])c1ccc(N2CCC(c3nc4ccccc4s3)CC2)nc1. The largest absolute Gasteiger partial charge is 0.357 e. The number of hydrogen-bond donors (Lipinski definition) is 0. The van der Waals surface area contributed by atoms with E-state index in [1.54, 1.807) is 17.4 Å².